The summed E-state index contributed by atoms with van der Waals surface area (Å²) < 4.78 is 7.08. The van der Waals surface area contributed by atoms with Crippen LogP contribution >= 0.6 is 0 Å². The lowest BCUT2D eigenvalue weighted by atomic mass is 9.95. The molecule has 1 aromatic heterocycles. The molecule has 1 aliphatic heterocycles. The highest BCUT2D eigenvalue weighted by atomic mass is 16.6. The summed E-state index contributed by atoms with van der Waals surface area (Å²) in [7, 11) is 0. The zero-order chi connectivity index (χ0) is 14.3. The van der Waals surface area contributed by atoms with Gasteiger partial charge in [0.05, 0.1) is 24.0 Å². The third-order valence-corrected chi connectivity index (χ3v) is 3.63. The molecule has 104 valence electrons. The highest BCUT2D eigenvalue weighted by molar-refractivity contribution is 5.75. The van der Waals surface area contributed by atoms with Gasteiger partial charge in [0, 0.05) is 0 Å². The average molecular weight is 274 g/mol. The van der Waals surface area contributed by atoms with Gasteiger partial charge in [0.25, 0.3) is 0 Å². The maximum absolute atomic E-state index is 10.5. The molecule has 1 saturated heterocycles. The van der Waals surface area contributed by atoms with Gasteiger partial charge in [0.1, 0.15) is 12.2 Å². The normalized spacial score (nSPS) is 33.4. The highest BCUT2D eigenvalue weighted by Gasteiger charge is 2.55. The largest absolute Gasteiger partial charge is 0.394 e. The van der Waals surface area contributed by atoms with E-state index in [2.05, 4.69) is 10.9 Å². The molecule has 0 unspecified atom stereocenters. The number of hydrogen-bond acceptors (Lipinski definition) is 5. The molecule has 0 saturated carbocycles. The summed E-state index contributed by atoms with van der Waals surface area (Å²) in [4.78, 5) is 4.20. The Bertz CT molecular complexity index is 677. The second-order valence-corrected chi connectivity index (χ2v) is 4.76. The number of imidazole rings is 1. The summed E-state index contributed by atoms with van der Waals surface area (Å²) in [5.41, 5.74) is -0.481. The van der Waals surface area contributed by atoms with E-state index in [0.29, 0.717) is 0 Å². The maximum atomic E-state index is 10.5. The van der Waals surface area contributed by atoms with Crippen molar-refractivity contribution in [3.05, 3.63) is 30.6 Å². The number of terminal acetylenes is 1. The molecule has 0 aliphatic carbocycles. The monoisotopic (exact) mass is 274 g/mol. The molecule has 1 aliphatic rings. The standard InChI is InChI=1S/C14H14N2O4/c1-2-14(19)12(18)11(7-17)20-13(14)16-8-15-9-5-3-4-6-10(9)16/h1,3-6,8,11-13,17-19H,7H2/t11-,12-,13-,14-/m1/s1. The van der Waals surface area contributed by atoms with Crippen molar-refractivity contribution in [2.24, 2.45) is 0 Å². The minimum Gasteiger partial charge on any atom is -0.394 e. The molecule has 0 bridgehead atoms. The van der Waals surface area contributed by atoms with Crippen LogP contribution in [0.2, 0.25) is 0 Å². The number of ether oxygens (including phenoxy) is 1. The Hall–Kier alpha value is -1.91. The lowest BCUT2D eigenvalue weighted by molar-refractivity contribution is -0.0718. The number of para-hydroxylation sites is 2. The molecule has 2 aromatic rings. The number of fused-ring (bicyclic) bond motifs is 1. The third kappa shape index (κ3) is 1.65. The topological polar surface area (TPSA) is 87.7 Å². The molecular formula is C14H14N2O4. The van der Waals surface area contributed by atoms with E-state index < -0.39 is 30.6 Å². The van der Waals surface area contributed by atoms with Crippen LogP contribution < -0.4 is 0 Å². The van der Waals surface area contributed by atoms with Gasteiger partial charge >= 0.3 is 0 Å². The molecule has 6 nitrogen and oxygen atoms in total. The molecule has 0 radical (unpaired) electrons. The maximum Gasteiger partial charge on any atom is 0.199 e. The minimum atomic E-state index is -1.92. The number of benzene rings is 1. The smallest absolute Gasteiger partial charge is 0.199 e. The average Bonchev–Trinajstić information content (AvgIpc) is 3.00. The van der Waals surface area contributed by atoms with Crippen LogP contribution in [0.15, 0.2) is 30.6 Å². The lowest BCUT2D eigenvalue weighted by Gasteiger charge is -2.26. The molecule has 20 heavy (non-hydrogen) atoms. The summed E-state index contributed by atoms with van der Waals surface area (Å²) in [5, 5.41) is 29.7. The summed E-state index contributed by atoms with van der Waals surface area (Å²) in [6.45, 7) is -0.436. The molecule has 1 aromatic carbocycles. The third-order valence-electron chi connectivity index (χ3n) is 3.63. The molecule has 0 amide bonds. The molecule has 3 rings (SSSR count). The van der Waals surface area contributed by atoms with E-state index in [1.807, 2.05) is 18.2 Å². The minimum absolute atomic E-state index is 0.436. The van der Waals surface area contributed by atoms with Crippen LogP contribution in [-0.4, -0.2) is 49.3 Å². The summed E-state index contributed by atoms with van der Waals surface area (Å²) in [6.07, 6.45) is 3.53. The number of nitrogens with zero attached hydrogens (tertiary/aromatic N) is 2. The first-order valence-corrected chi connectivity index (χ1v) is 6.18. The van der Waals surface area contributed by atoms with Gasteiger partial charge in [-0.25, -0.2) is 4.98 Å². The van der Waals surface area contributed by atoms with E-state index in [4.69, 9.17) is 11.2 Å². The predicted octanol–water partition coefficient (Wildman–Crippen LogP) is -0.349. The number of aliphatic hydroxyl groups is 3. The van der Waals surface area contributed by atoms with Crippen molar-refractivity contribution in [2.75, 3.05) is 6.61 Å². The Morgan fingerprint density at radius 2 is 2.20 bits per heavy atom. The molecule has 2 heterocycles. The number of hydrogen-bond donors (Lipinski definition) is 3. The van der Waals surface area contributed by atoms with Gasteiger partial charge in [-0.15, -0.1) is 6.42 Å². The summed E-state index contributed by atoms with van der Waals surface area (Å²) >= 11 is 0. The Morgan fingerprint density at radius 3 is 2.90 bits per heavy atom. The van der Waals surface area contributed by atoms with Crippen LogP contribution in [0.5, 0.6) is 0 Å². The van der Waals surface area contributed by atoms with Gasteiger partial charge in [-0.3, -0.25) is 4.57 Å². The van der Waals surface area contributed by atoms with Gasteiger partial charge in [-0.1, -0.05) is 18.1 Å². The highest BCUT2D eigenvalue weighted by Crippen LogP contribution is 2.39. The van der Waals surface area contributed by atoms with Gasteiger partial charge in [0.15, 0.2) is 11.8 Å². The van der Waals surface area contributed by atoms with E-state index >= 15 is 0 Å². The van der Waals surface area contributed by atoms with Crippen molar-refractivity contribution in [1.82, 2.24) is 9.55 Å². The van der Waals surface area contributed by atoms with Crippen molar-refractivity contribution in [3.8, 4) is 12.3 Å². The molecule has 4 atom stereocenters. The van der Waals surface area contributed by atoms with Crippen LogP contribution in [0, 0.1) is 12.3 Å². The van der Waals surface area contributed by atoms with E-state index in [9.17, 15) is 15.3 Å². The van der Waals surface area contributed by atoms with E-state index in [-0.39, 0.29) is 0 Å². The summed E-state index contributed by atoms with van der Waals surface area (Å²) in [5.74, 6) is 2.18. The quantitative estimate of drug-likeness (QED) is 0.652. The fourth-order valence-electron chi connectivity index (χ4n) is 2.52. The van der Waals surface area contributed by atoms with Crippen LogP contribution in [0.3, 0.4) is 0 Å². The van der Waals surface area contributed by atoms with Crippen LogP contribution in [0.25, 0.3) is 11.0 Å². The van der Waals surface area contributed by atoms with Crippen LogP contribution in [0.1, 0.15) is 6.23 Å². The Labute approximate surface area is 115 Å². The van der Waals surface area contributed by atoms with Gasteiger partial charge < -0.3 is 20.1 Å². The predicted molar refractivity (Wildman–Crippen MR) is 70.5 cm³/mol. The molecular weight excluding hydrogens is 260 g/mol. The van der Waals surface area contributed by atoms with Gasteiger partial charge in [-0.05, 0) is 12.1 Å². The van der Waals surface area contributed by atoms with E-state index in [1.165, 1.54) is 6.33 Å². The van der Waals surface area contributed by atoms with E-state index in [1.54, 1.807) is 10.6 Å². The zero-order valence-corrected chi connectivity index (χ0v) is 10.5. The second kappa shape index (κ2) is 4.58. The Kier molecular flexibility index (Phi) is 3.00. The van der Waals surface area contributed by atoms with Gasteiger partial charge in [-0.2, -0.15) is 0 Å². The van der Waals surface area contributed by atoms with E-state index in [0.717, 1.165) is 11.0 Å². The van der Waals surface area contributed by atoms with Crippen molar-refractivity contribution >= 4 is 11.0 Å². The van der Waals surface area contributed by atoms with Crippen LogP contribution in [0.4, 0.5) is 0 Å². The first kappa shape index (κ1) is 13.1. The molecule has 3 N–H and O–H groups in total. The lowest BCUT2D eigenvalue weighted by Crippen LogP contribution is -2.45. The van der Waals surface area contributed by atoms with Crippen LogP contribution in [-0.2, 0) is 4.74 Å². The van der Waals surface area contributed by atoms with Crippen molar-refractivity contribution < 1.29 is 20.1 Å². The zero-order valence-electron chi connectivity index (χ0n) is 10.5. The molecule has 1 fully saturated rings. The number of rotatable bonds is 2. The second-order valence-electron chi connectivity index (χ2n) is 4.76. The fourth-order valence-corrected chi connectivity index (χ4v) is 2.52. The summed E-state index contributed by atoms with van der Waals surface area (Å²) in [6, 6.07) is 7.29. The Balaban J connectivity index is 2.11. The molecule has 6 heteroatoms. The fraction of sp³-hybridized carbons (Fsp3) is 0.357. The van der Waals surface area contributed by atoms with Gasteiger partial charge in [0.2, 0.25) is 0 Å². The molecule has 0 spiro atoms. The number of aromatic nitrogens is 2. The van der Waals surface area contributed by atoms with Crippen molar-refractivity contribution in [3.63, 3.8) is 0 Å². The Morgan fingerprint density at radius 1 is 1.45 bits per heavy atom. The first-order chi connectivity index (χ1) is 9.61. The van der Waals surface area contributed by atoms with Crippen molar-refractivity contribution in [1.29, 1.82) is 0 Å². The number of aliphatic hydroxyl groups excluding tert-OH is 2. The first-order valence-electron chi connectivity index (χ1n) is 6.18. The van der Waals surface area contributed by atoms with Crippen molar-refractivity contribution in [2.45, 2.75) is 24.0 Å². The SMILES string of the molecule is C#C[C@@]1(O)[C@H](O)[C@@H](CO)O[C@H]1n1cnc2ccccc21.